The molecule has 2 aromatic heterocycles. The molecule has 3 aromatic rings. The summed E-state index contributed by atoms with van der Waals surface area (Å²) in [6.07, 6.45) is 3.66. The highest BCUT2D eigenvalue weighted by Gasteiger charge is 2.17. The van der Waals surface area contributed by atoms with Crippen molar-refractivity contribution in [2.45, 2.75) is 23.5 Å². The molecule has 0 bridgehead atoms. The molecule has 146 valence electrons. The fourth-order valence-corrected chi connectivity index (χ4v) is 5.67. The van der Waals surface area contributed by atoms with Crippen LogP contribution < -0.4 is 9.62 Å². The highest BCUT2D eigenvalue weighted by molar-refractivity contribution is 7.94. The first-order valence-corrected chi connectivity index (χ1v) is 11.7. The number of anilines is 2. The van der Waals surface area contributed by atoms with Crippen molar-refractivity contribution < 1.29 is 8.42 Å². The summed E-state index contributed by atoms with van der Waals surface area (Å²) in [6.45, 7) is 2.05. The predicted molar refractivity (Wildman–Crippen MR) is 114 cm³/mol. The first-order valence-electron chi connectivity index (χ1n) is 8.98. The van der Waals surface area contributed by atoms with Crippen LogP contribution >= 0.6 is 22.9 Å². The van der Waals surface area contributed by atoms with E-state index in [-0.39, 0.29) is 4.21 Å². The number of nitrogens with one attached hydrogen (secondary N) is 1. The molecule has 1 fully saturated rings. The SMILES string of the molecule is O=S(=O)(Nc1ccc(-c2ccc(N3CCCCC3)nn2)cc1)c1ccc(Cl)s1. The van der Waals surface area contributed by atoms with Crippen LogP contribution in [0.1, 0.15) is 19.3 Å². The van der Waals surface area contributed by atoms with Gasteiger partial charge in [0.25, 0.3) is 10.0 Å². The monoisotopic (exact) mass is 434 g/mol. The zero-order chi connectivity index (χ0) is 19.6. The Labute approximate surface area is 173 Å². The van der Waals surface area contributed by atoms with E-state index in [2.05, 4.69) is 19.8 Å². The largest absolute Gasteiger partial charge is 0.355 e. The molecule has 1 aliphatic rings. The summed E-state index contributed by atoms with van der Waals surface area (Å²) in [5.74, 6) is 0.905. The fourth-order valence-electron chi connectivity index (χ4n) is 3.13. The normalized spacial score (nSPS) is 14.8. The van der Waals surface area contributed by atoms with Gasteiger partial charge in [0.2, 0.25) is 0 Å². The molecule has 1 aromatic carbocycles. The Hall–Kier alpha value is -2.16. The Morgan fingerprint density at radius 1 is 0.929 bits per heavy atom. The Morgan fingerprint density at radius 2 is 1.68 bits per heavy atom. The number of thiophene rings is 1. The van der Waals surface area contributed by atoms with Crippen LogP contribution in [0.4, 0.5) is 11.5 Å². The number of nitrogens with zero attached hydrogens (tertiary/aromatic N) is 3. The van der Waals surface area contributed by atoms with E-state index in [4.69, 9.17) is 11.6 Å². The number of rotatable bonds is 5. The van der Waals surface area contributed by atoms with Gasteiger partial charge >= 0.3 is 0 Å². The zero-order valence-corrected chi connectivity index (χ0v) is 17.4. The van der Waals surface area contributed by atoms with Gasteiger partial charge in [0.1, 0.15) is 4.21 Å². The molecule has 0 saturated carbocycles. The van der Waals surface area contributed by atoms with E-state index in [1.165, 1.54) is 25.3 Å². The smallest absolute Gasteiger partial charge is 0.271 e. The minimum absolute atomic E-state index is 0.181. The highest BCUT2D eigenvalue weighted by atomic mass is 35.5. The minimum Gasteiger partial charge on any atom is -0.355 e. The lowest BCUT2D eigenvalue weighted by Crippen LogP contribution is -2.30. The standard InChI is InChI=1S/C19H19ClN4O2S2/c20-17-9-11-19(27-17)28(25,26)23-15-6-4-14(5-7-15)16-8-10-18(22-21-16)24-12-2-1-3-13-24/h4-11,23H,1-3,12-13H2. The van der Waals surface area contributed by atoms with Crippen LogP contribution in [0.15, 0.2) is 52.7 Å². The van der Waals surface area contributed by atoms with Crippen LogP contribution in [0.2, 0.25) is 4.34 Å². The number of sulfonamides is 1. The molecule has 0 radical (unpaired) electrons. The summed E-state index contributed by atoms with van der Waals surface area (Å²) < 4.78 is 27.9. The molecule has 28 heavy (non-hydrogen) atoms. The molecule has 0 atom stereocenters. The lowest BCUT2D eigenvalue weighted by atomic mass is 10.1. The topological polar surface area (TPSA) is 75.2 Å². The van der Waals surface area contributed by atoms with E-state index in [9.17, 15) is 8.42 Å². The van der Waals surface area contributed by atoms with Crippen LogP contribution in [0.3, 0.4) is 0 Å². The second-order valence-electron chi connectivity index (χ2n) is 6.57. The molecule has 1 N–H and O–H groups in total. The third-order valence-corrected chi connectivity index (χ3v) is 7.68. The Morgan fingerprint density at radius 3 is 2.29 bits per heavy atom. The molecule has 1 saturated heterocycles. The van der Waals surface area contributed by atoms with E-state index in [0.29, 0.717) is 10.0 Å². The van der Waals surface area contributed by atoms with Crippen molar-refractivity contribution in [3.63, 3.8) is 0 Å². The van der Waals surface area contributed by atoms with Crippen LogP contribution in [0.5, 0.6) is 0 Å². The number of aromatic nitrogens is 2. The molecule has 0 aliphatic carbocycles. The molecule has 4 rings (SSSR count). The van der Waals surface area contributed by atoms with Gasteiger partial charge < -0.3 is 4.90 Å². The predicted octanol–water partition coefficient (Wildman–Crippen LogP) is 4.65. The van der Waals surface area contributed by atoms with Gasteiger partial charge in [-0.05, 0) is 55.7 Å². The summed E-state index contributed by atoms with van der Waals surface area (Å²) in [6, 6.07) is 14.1. The van der Waals surface area contributed by atoms with Crippen molar-refractivity contribution in [3.05, 3.63) is 52.9 Å². The summed E-state index contributed by atoms with van der Waals surface area (Å²) >= 11 is 6.85. The quantitative estimate of drug-likeness (QED) is 0.632. The van der Waals surface area contributed by atoms with Gasteiger partial charge in [0.05, 0.1) is 10.0 Å². The number of benzene rings is 1. The summed E-state index contributed by atoms with van der Waals surface area (Å²) in [7, 11) is -3.64. The molecule has 1 aliphatic heterocycles. The van der Waals surface area contributed by atoms with Crippen molar-refractivity contribution in [2.75, 3.05) is 22.7 Å². The summed E-state index contributed by atoms with van der Waals surface area (Å²) in [4.78, 5) is 2.26. The van der Waals surface area contributed by atoms with Gasteiger partial charge in [0, 0.05) is 24.3 Å². The molecule has 0 amide bonds. The Bertz CT molecular complexity index is 1040. The molecule has 0 unspecified atom stereocenters. The molecule has 3 heterocycles. The maximum absolute atomic E-state index is 12.4. The minimum atomic E-state index is -3.64. The first-order chi connectivity index (χ1) is 13.5. The van der Waals surface area contributed by atoms with E-state index in [1.807, 2.05) is 24.3 Å². The summed E-state index contributed by atoms with van der Waals surface area (Å²) in [5.41, 5.74) is 2.10. The van der Waals surface area contributed by atoms with E-state index >= 15 is 0 Å². The molecule has 9 heteroatoms. The molecule has 6 nitrogen and oxygen atoms in total. The lowest BCUT2D eigenvalue weighted by Gasteiger charge is -2.27. The van der Waals surface area contributed by atoms with Crippen LogP contribution in [0, 0.1) is 0 Å². The second kappa shape index (κ2) is 8.06. The van der Waals surface area contributed by atoms with Gasteiger partial charge in [-0.2, -0.15) is 0 Å². The van der Waals surface area contributed by atoms with Crippen molar-refractivity contribution >= 4 is 44.5 Å². The number of piperidine rings is 1. The van der Waals surface area contributed by atoms with Crippen molar-refractivity contribution in [2.24, 2.45) is 0 Å². The fraction of sp³-hybridized carbons (Fsp3) is 0.263. The maximum Gasteiger partial charge on any atom is 0.271 e. The Balaban J connectivity index is 1.47. The van der Waals surface area contributed by atoms with E-state index in [1.54, 1.807) is 18.2 Å². The third-order valence-electron chi connectivity index (χ3n) is 4.58. The van der Waals surface area contributed by atoms with Crippen LogP contribution in [-0.4, -0.2) is 31.7 Å². The molecular weight excluding hydrogens is 416 g/mol. The van der Waals surface area contributed by atoms with Crippen LogP contribution in [-0.2, 0) is 10.0 Å². The van der Waals surface area contributed by atoms with E-state index < -0.39 is 10.0 Å². The average Bonchev–Trinajstić information content (AvgIpc) is 3.17. The molecule has 0 spiro atoms. The van der Waals surface area contributed by atoms with Gasteiger partial charge in [0.15, 0.2) is 5.82 Å². The van der Waals surface area contributed by atoms with E-state index in [0.717, 1.165) is 41.5 Å². The molecular formula is C19H19ClN4O2S2. The first kappa shape index (κ1) is 19.2. The van der Waals surface area contributed by atoms with Crippen LogP contribution in [0.25, 0.3) is 11.3 Å². The number of hydrogen-bond donors (Lipinski definition) is 1. The van der Waals surface area contributed by atoms with Gasteiger partial charge in [-0.15, -0.1) is 21.5 Å². The summed E-state index contributed by atoms with van der Waals surface area (Å²) in [5, 5.41) is 8.69. The second-order valence-corrected chi connectivity index (χ2v) is 10.2. The Kier molecular flexibility index (Phi) is 5.52. The third kappa shape index (κ3) is 4.29. The lowest BCUT2D eigenvalue weighted by molar-refractivity contribution is 0.571. The van der Waals surface area contributed by atoms with Crippen molar-refractivity contribution in [1.82, 2.24) is 10.2 Å². The van der Waals surface area contributed by atoms with Crippen molar-refractivity contribution in [1.29, 1.82) is 0 Å². The highest BCUT2D eigenvalue weighted by Crippen LogP contribution is 2.28. The zero-order valence-electron chi connectivity index (χ0n) is 15.0. The van der Waals surface area contributed by atoms with Gasteiger partial charge in [-0.1, -0.05) is 23.7 Å². The van der Waals surface area contributed by atoms with Gasteiger partial charge in [-0.3, -0.25) is 4.72 Å². The number of halogens is 1. The average molecular weight is 435 g/mol. The van der Waals surface area contributed by atoms with Gasteiger partial charge in [-0.25, -0.2) is 8.42 Å². The number of hydrogen-bond acceptors (Lipinski definition) is 6. The van der Waals surface area contributed by atoms with Crippen molar-refractivity contribution in [3.8, 4) is 11.3 Å². The maximum atomic E-state index is 12.4.